The topological polar surface area (TPSA) is 71.5 Å². The summed E-state index contributed by atoms with van der Waals surface area (Å²) in [6, 6.07) is 20.9. The summed E-state index contributed by atoms with van der Waals surface area (Å²) < 4.78 is 26.7. The average molecular weight is 407 g/mol. The number of hydrogen-bond donors (Lipinski definition) is 0. The first-order valence-corrected chi connectivity index (χ1v) is 11.2. The van der Waals surface area contributed by atoms with Crippen LogP contribution < -0.4 is 0 Å². The van der Waals surface area contributed by atoms with Gasteiger partial charge in [-0.05, 0) is 54.3 Å². The normalized spacial score (nSPS) is 17.9. The second kappa shape index (κ2) is 7.79. The first-order valence-electron chi connectivity index (χ1n) is 9.62. The first-order chi connectivity index (χ1) is 14.0. The van der Waals surface area contributed by atoms with Crippen LogP contribution in [0.25, 0.3) is 10.8 Å². The molecule has 2 amide bonds. The summed E-state index contributed by atoms with van der Waals surface area (Å²) >= 11 is 0. The first kappa shape index (κ1) is 19.3. The number of amides is 2. The third-order valence-corrected chi connectivity index (χ3v) is 7.43. The molecule has 3 aromatic rings. The molecule has 0 bridgehead atoms. The molecule has 29 heavy (non-hydrogen) atoms. The van der Waals surface area contributed by atoms with E-state index in [-0.39, 0.29) is 17.9 Å². The minimum Gasteiger partial charge on any atom is -0.277 e. The number of likely N-dealkylation sites (tertiary alicyclic amines) is 1. The molecule has 0 unspecified atom stereocenters. The lowest BCUT2D eigenvalue weighted by Crippen LogP contribution is -2.45. The molecule has 6 heteroatoms. The highest BCUT2D eigenvalue weighted by molar-refractivity contribution is 7.92. The minimum atomic E-state index is -3.92. The van der Waals surface area contributed by atoms with E-state index in [0.29, 0.717) is 18.4 Å². The van der Waals surface area contributed by atoms with Gasteiger partial charge >= 0.3 is 0 Å². The van der Waals surface area contributed by atoms with Crippen molar-refractivity contribution in [1.82, 2.24) is 4.90 Å². The predicted octanol–water partition coefficient (Wildman–Crippen LogP) is 3.84. The van der Waals surface area contributed by atoms with Crippen molar-refractivity contribution < 1.29 is 18.0 Å². The van der Waals surface area contributed by atoms with Crippen molar-refractivity contribution in [3.8, 4) is 0 Å². The Bertz CT molecular complexity index is 1170. The van der Waals surface area contributed by atoms with Crippen LogP contribution >= 0.6 is 0 Å². The molecule has 0 spiro atoms. The second-order valence-corrected chi connectivity index (χ2v) is 9.33. The number of carbonyl (C=O) groups excluding carboxylic acids is 2. The van der Waals surface area contributed by atoms with Gasteiger partial charge in [0.25, 0.3) is 5.91 Å². The molecule has 0 aromatic heterocycles. The van der Waals surface area contributed by atoms with Crippen LogP contribution in [-0.2, 0) is 14.6 Å². The Morgan fingerprint density at radius 1 is 0.862 bits per heavy atom. The van der Waals surface area contributed by atoms with Gasteiger partial charge in [0.05, 0.1) is 4.90 Å². The van der Waals surface area contributed by atoms with Gasteiger partial charge in [0.15, 0.2) is 9.84 Å². The van der Waals surface area contributed by atoms with Crippen molar-refractivity contribution in [3.05, 3.63) is 78.4 Å². The number of rotatable bonds is 3. The van der Waals surface area contributed by atoms with E-state index in [2.05, 4.69) is 0 Å². The van der Waals surface area contributed by atoms with Crippen LogP contribution in [0.3, 0.4) is 0 Å². The van der Waals surface area contributed by atoms with Crippen molar-refractivity contribution in [2.45, 2.75) is 29.4 Å². The van der Waals surface area contributed by atoms with Crippen LogP contribution in [0.2, 0.25) is 0 Å². The van der Waals surface area contributed by atoms with Crippen molar-refractivity contribution in [2.75, 3.05) is 6.54 Å². The number of fused-ring (bicyclic) bond motifs is 1. The Balaban J connectivity index is 1.70. The number of sulfone groups is 1. The molecule has 148 valence electrons. The van der Waals surface area contributed by atoms with Gasteiger partial charge in [0.1, 0.15) is 5.25 Å². The lowest BCUT2D eigenvalue weighted by atomic mass is 10.1. The summed E-state index contributed by atoms with van der Waals surface area (Å²) in [5, 5.41) is 0.477. The summed E-state index contributed by atoms with van der Waals surface area (Å²) in [7, 11) is -3.92. The average Bonchev–Trinajstić information content (AvgIpc) is 2.95. The van der Waals surface area contributed by atoms with E-state index >= 15 is 0 Å². The molecule has 1 heterocycles. The van der Waals surface area contributed by atoms with E-state index in [1.807, 2.05) is 24.3 Å². The van der Waals surface area contributed by atoms with Gasteiger partial charge in [0, 0.05) is 12.1 Å². The summed E-state index contributed by atoms with van der Waals surface area (Å²) in [6.07, 6.45) is 1.38. The Hall–Kier alpha value is -2.99. The summed E-state index contributed by atoms with van der Waals surface area (Å²) in [4.78, 5) is 27.2. The van der Waals surface area contributed by atoms with Gasteiger partial charge in [-0.2, -0.15) is 0 Å². The Morgan fingerprint density at radius 2 is 1.55 bits per heavy atom. The Labute approximate surface area is 169 Å². The quantitative estimate of drug-likeness (QED) is 0.619. The highest BCUT2D eigenvalue weighted by Gasteiger charge is 2.40. The Kier molecular flexibility index (Phi) is 5.20. The van der Waals surface area contributed by atoms with Crippen LogP contribution in [0.4, 0.5) is 0 Å². The molecule has 1 aliphatic heterocycles. The van der Waals surface area contributed by atoms with Gasteiger partial charge in [-0.3, -0.25) is 14.5 Å². The summed E-state index contributed by atoms with van der Waals surface area (Å²) in [6.45, 7) is 0.232. The zero-order chi connectivity index (χ0) is 20.4. The van der Waals surface area contributed by atoms with E-state index in [1.165, 1.54) is 0 Å². The molecule has 3 aromatic carbocycles. The third kappa shape index (κ3) is 3.68. The fourth-order valence-electron chi connectivity index (χ4n) is 3.74. The zero-order valence-electron chi connectivity index (χ0n) is 15.8. The highest BCUT2D eigenvalue weighted by atomic mass is 32.2. The van der Waals surface area contributed by atoms with Gasteiger partial charge in [-0.15, -0.1) is 0 Å². The van der Waals surface area contributed by atoms with Crippen molar-refractivity contribution in [1.29, 1.82) is 0 Å². The SMILES string of the molecule is O=C(c1ccccc1)N1CCCC[C@@H](S(=O)(=O)c2ccc3ccccc3c2)C1=O. The van der Waals surface area contributed by atoms with Crippen molar-refractivity contribution in [2.24, 2.45) is 0 Å². The molecule has 4 rings (SSSR count). The smallest absolute Gasteiger partial charge is 0.260 e. The second-order valence-electron chi connectivity index (χ2n) is 7.20. The molecule has 1 atom stereocenters. The maximum Gasteiger partial charge on any atom is 0.260 e. The zero-order valence-corrected chi connectivity index (χ0v) is 16.6. The maximum absolute atomic E-state index is 13.3. The molecular weight excluding hydrogens is 386 g/mol. The fraction of sp³-hybridized carbons (Fsp3) is 0.217. The molecule has 0 radical (unpaired) electrons. The molecule has 1 saturated heterocycles. The van der Waals surface area contributed by atoms with Crippen molar-refractivity contribution in [3.63, 3.8) is 0 Å². The van der Waals surface area contributed by atoms with E-state index in [1.54, 1.807) is 48.5 Å². The van der Waals surface area contributed by atoms with E-state index < -0.39 is 26.9 Å². The van der Waals surface area contributed by atoms with Crippen LogP contribution in [-0.4, -0.2) is 36.9 Å². The number of imide groups is 1. The fourth-order valence-corrected chi connectivity index (χ4v) is 5.49. The molecule has 0 aliphatic carbocycles. The lowest BCUT2D eigenvalue weighted by molar-refractivity contribution is -0.127. The number of nitrogens with zero attached hydrogens (tertiary/aromatic N) is 1. The lowest BCUT2D eigenvalue weighted by Gasteiger charge is -2.23. The number of hydrogen-bond acceptors (Lipinski definition) is 4. The van der Waals surface area contributed by atoms with Crippen LogP contribution in [0.1, 0.15) is 29.6 Å². The van der Waals surface area contributed by atoms with Crippen LogP contribution in [0.15, 0.2) is 77.7 Å². The van der Waals surface area contributed by atoms with Gasteiger partial charge < -0.3 is 0 Å². The summed E-state index contributed by atoms with van der Waals surface area (Å²) in [5.41, 5.74) is 0.379. The Morgan fingerprint density at radius 3 is 2.31 bits per heavy atom. The van der Waals surface area contributed by atoms with E-state index in [9.17, 15) is 18.0 Å². The highest BCUT2D eigenvalue weighted by Crippen LogP contribution is 2.28. The van der Waals surface area contributed by atoms with E-state index in [0.717, 1.165) is 15.7 Å². The molecule has 1 aliphatic rings. The molecular formula is C23H21NO4S. The van der Waals surface area contributed by atoms with Crippen molar-refractivity contribution >= 4 is 32.4 Å². The van der Waals surface area contributed by atoms with Crippen LogP contribution in [0, 0.1) is 0 Å². The maximum atomic E-state index is 13.3. The monoisotopic (exact) mass is 407 g/mol. The number of benzene rings is 3. The summed E-state index contributed by atoms with van der Waals surface area (Å²) in [5.74, 6) is -1.08. The minimum absolute atomic E-state index is 0.114. The van der Waals surface area contributed by atoms with Crippen LogP contribution in [0.5, 0.6) is 0 Å². The third-order valence-electron chi connectivity index (χ3n) is 5.33. The molecule has 0 saturated carbocycles. The van der Waals surface area contributed by atoms with Gasteiger partial charge in [-0.1, -0.05) is 48.5 Å². The molecule has 0 N–H and O–H groups in total. The van der Waals surface area contributed by atoms with Gasteiger partial charge in [0.2, 0.25) is 5.91 Å². The molecule has 1 fully saturated rings. The predicted molar refractivity (Wildman–Crippen MR) is 111 cm³/mol. The largest absolute Gasteiger partial charge is 0.277 e. The standard InChI is InChI=1S/C23H21NO4S/c25-22(18-9-2-1-3-10-18)24-15-7-6-12-21(23(24)26)29(27,28)20-14-13-17-8-4-5-11-19(17)16-20/h1-5,8-11,13-14,16,21H,6-7,12,15H2/t21-/m1/s1. The molecule has 5 nitrogen and oxygen atoms in total. The van der Waals surface area contributed by atoms with Gasteiger partial charge in [-0.25, -0.2) is 8.42 Å². The number of carbonyl (C=O) groups is 2. The van der Waals surface area contributed by atoms with E-state index in [4.69, 9.17) is 0 Å².